The maximum atomic E-state index is 4.40. The van der Waals surface area contributed by atoms with Crippen molar-refractivity contribution in [2.24, 2.45) is 4.99 Å². The van der Waals surface area contributed by atoms with Crippen LogP contribution in [-0.4, -0.2) is 11.2 Å². The summed E-state index contributed by atoms with van der Waals surface area (Å²) < 4.78 is 0. The van der Waals surface area contributed by atoms with Crippen LogP contribution in [0.4, 0.5) is 5.69 Å². The summed E-state index contributed by atoms with van der Waals surface area (Å²) >= 11 is 0. The van der Waals surface area contributed by atoms with Crippen LogP contribution in [-0.2, 0) is 17.1 Å². The molecular formula is C19H25ClFeN2. The van der Waals surface area contributed by atoms with Gasteiger partial charge in [-0.3, -0.25) is 4.98 Å². The van der Waals surface area contributed by atoms with E-state index in [0.717, 1.165) is 5.69 Å². The second-order valence-corrected chi connectivity index (χ2v) is 5.45. The van der Waals surface area contributed by atoms with Gasteiger partial charge < -0.3 is 17.4 Å². The molecular weight excluding hydrogens is 348 g/mol. The minimum atomic E-state index is 0. The van der Waals surface area contributed by atoms with Crippen molar-refractivity contribution in [3.05, 3.63) is 59.9 Å². The van der Waals surface area contributed by atoms with Gasteiger partial charge in [0.1, 0.15) is 0 Å². The van der Waals surface area contributed by atoms with E-state index in [1.54, 1.807) is 12.4 Å². The minimum Gasteiger partial charge on any atom is -1.00 e. The Balaban J connectivity index is 0. The summed E-state index contributed by atoms with van der Waals surface area (Å²) in [6.45, 7) is 10.7. The molecule has 0 aliphatic heterocycles. The SMILES string of the molecule is C[C-]=Nc1c(C(C)C)cccc1C(C)C.[Cl-].[Fe+2].c1ccncc1. The van der Waals surface area contributed by atoms with Gasteiger partial charge in [0.05, 0.1) is 0 Å². The zero-order valence-electron chi connectivity index (χ0n) is 14.4. The number of rotatable bonds is 3. The molecule has 0 unspecified atom stereocenters. The maximum Gasteiger partial charge on any atom is 2.00 e. The Morgan fingerprint density at radius 2 is 1.35 bits per heavy atom. The Hall–Kier alpha value is -1.15. The monoisotopic (exact) mass is 372 g/mol. The van der Waals surface area contributed by atoms with Crippen molar-refractivity contribution in [2.75, 3.05) is 0 Å². The number of pyridine rings is 1. The molecule has 23 heavy (non-hydrogen) atoms. The van der Waals surface area contributed by atoms with E-state index >= 15 is 0 Å². The van der Waals surface area contributed by atoms with Crippen molar-refractivity contribution in [1.82, 2.24) is 4.98 Å². The van der Waals surface area contributed by atoms with Crippen LogP contribution in [0.15, 0.2) is 53.8 Å². The summed E-state index contributed by atoms with van der Waals surface area (Å²) in [4.78, 5) is 8.18. The first-order chi connectivity index (χ1) is 10.1. The van der Waals surface area contributed by atoms with Gasteiger partial charge in [0.15, 0.2) is 0 Å². The molecule has 126 valence electrons. The molecule has 2 aromatic rings. The van der Waals surface area contributed by atoms with Crippen LogP contribution in [0.1, 0.15) is 57.6 Å². The van der Waals surface area contributed by atoms with E-state index in [9.17, 15) is 0 Å². The molecule has 2 nitrogen and oxygen atoms in total. The Morgan fingerprint density at radius 3 is 1.61 bits per heavy atom. The van der Waals surface area contributed by atoms with Crippen molar-refractivity contribution in [3.8, 4) is 0 Å². The van der Waals surface area contributed by atoms with Crippen molar-refractivity contribution in [3.63, 3.8) is 0 Å². The molecule has 0 radical (unpaired) electrons. The quantitative estimate of drug-likeness (QED) is 0.462. The van der Waals surface area contributed by atoms with Gasteiger partial charge in [-0.15, -0.1) is 18.1 Å². The molecule has 0 bridgehead atoms. The van der Waals surface area contributed by atoms with Gasteiger partial charge in [-0.05, 0) is 24.0 Å². The number of halogens is 1. The van der Waals surface area contributed by atoms with Gasteiger partial charge in [-0.2, -0.15) is 6.21 Å². The van der Waals surface area contributed by atoms with Crippen LogP contribution in [0.25, 0.3) is 0 Å². The number of nitrogens with zero attached hydrogens (tertiary/aromatic N) is 2. The number of para-hydroxylation sites is 1. The molecule has 0 fully saturated rings. The van der Waals surface area contributed by atoms with Gasteiger partial charge in [0.25, 0.3) is 0 Å². The Labute approximate surface area is 157 Å². The number of aliphatic imine (C=N–C) groups is 1. The summed E-state index contributed by atoms with van der Waals surface area (Å²) in [7, 11) is 0. The first-order valence-electron chi connectivity index (χ1n) is 7.43. The van der Waals surface area contributed by atoms with E-state index in [-0.39, 0.29) is 29.5 Å². The topological polar surface area (TPSA) is 25.2 Å². The molecule has 0 saturated carbocycles. The second kappa shape index (κ2) is 13.3. The molecule has 1 heterocycles. The normalized spacial score (nSPS) is 9.87. The van der Waals surface area contributed by atoms with Crippen LogP contribution < -0.4 is 12.4 Å². The van der Waals surface area contributed by atoms with Crippen molar-refractivity contribution < 1.29 is 29.5 Å². The predicted molar refractivity (Wildman–Crippen MR) is 91.6 cm³/mol. The molecule has 0 aliphatic carbocycles. The number of benzene rings is 1. The number of aromatic nitrogens is 1. The van der Waals surface area contributed by atoms with Crippen LogP contribution in [0, 0.1) is 0 Å². The fourth-order valence-corrected chi connectivity index (χ4v) is 2.07. The average Bonchev–Trinajstić information content (AvgIpc) is 2.49. The molecule has 4 heteroatoms. The van der Waals surface area contributed by atoms with Gasteiger partial charge >= 0.3 is 17.1 Å². The van der Waals surface area contributed by atoms with E-state index in [4.69, 9.17) is 0 Å². The molecule has 0 aliphatic rings. The summed E-state index contributed by atoms with van der Waals surface area (Å²) in [6.07, 6.45) is 6.40. The third kappa shape index (κ3) is 8.31. The third-order valence-electron chi connectivity index (χ3n) is 3.13. The molecule has 1 aromatic carbocycles. The molecule has 0 spiro atoms. The third-order valence-corrected chi connectivity index (χ3v) is 3.13. The van der Waals surface area contributed by atoms with Crippen LogP contribution in [0.2, 0.25) is 0 Å². The largest absolute Gasteiger partial charge is 2.00 e. The van der Waals surface area contributed by atoms with E-state index < -0.39 is 0 Å². The smallest absolute Gasteiger partial charge is 1.00 e. The summed E-state index contributed by atoms with van der Waals surface area (Å²) in [5.74, 6) is 1.02. The van der Waals surface area contributed by atoms with E-state index in [1.807, 2.05) is 25.1 Å². The summed E-state index contributed by atoms with van der Waals surface area (Å²) in [5, 5.41) is 0. The summed E-state index contributed by atoms with van der Waals surface area (Å²) in [6, 6.07) is 12.2. The first-order valence-corrected chi connectivity index (χ1v) is 7.43. The Morgan fingerprint density at radius 1 is 0.870 bits per heavy atom. The van der Waals surface area contributed by atoms with Crippen molar-refractivity contribution >= 4 is 11.9 Å². The first kappa shape index (κ1) is 24.1. The fourth-order valence-electron chi connectivity index (χ4n) is 2.07. The van der Waals surface area contributed by atoms with Gasteiger partial charge in [0.2, 0.25) is 0 Å². The van der Waals surface area contributed by atoms with Gasteiger partial charge in [-0.25, -0.2) is 0 Å². The van der Waals surface area contributed by atoms with E-state index in [2.05, 4.69) is 62.1 Å². The Bertz CT molecular complexity index is 502. The standard InChI is InChI=1S/C14H20N.C5H5N.ClH.Fe/c1-6-15-14-12(10(2)3)8-7-9-13(14)11(4)5;1-2-4-6-5-3-1;;/h7-11H,1-5H3;1-5H;1H;/q-1;;;+2/p-1. The zero-order chi connectivity index (χ0) is 15.7. The fraction of sp³-hybridized carbons (Fsp3) is 0.368. The molecule has 0 amide bonds. The van der Waals surface area contributed by atoms with Crippen LogP contribution >= 0.6 is 0 Å². The van der Waals surface area contributed by atoms with Crippen molar-refractivity contribution in [1.29, 1.82) is 0 Å². The maximum absolute atomic E-state index is 4.40. The molecule has 0 atom stereocenters. The van der Waals surface area contributed by atoms with Crippen LogP contribution in [0.5, 0.6) is 0 Å². The second-order valence-electron chi connectivity index (χ2n) is 5.45. The average molecular weight is 373 g/mol. The zero-order valence-corrected chi connectivity index (χ0v) is 16.3. The number of hydrogen-bond acceptors (Lipinski definition) is 2. The van der Waals surface area contributed by atoms with Gasteiger partial charge in [0, 0.05) is 12.4 Å². The van der Waals surface area contributed by atoms with Crippen LogP contribution in [0.3, 0.4) is 0 Å². The molecule has 1 aromatic heterocycles. The predicted octanol–water partition coefficient (Wildman–Crippen LogP) is 2.62. The van der Waals surface area contributed by atoms with Gasteiger partial charge in [-0.1, -0.05) is 57.6 Å². The number of hydrogen-bond donors (Lipinski definition) is 0. The Kier molecular flexibility index (Phi) is 13.9. The van der Waals surface area contributed by atoms with E-state index in [0.29, 0.717) is 11.8 Å². The van der Waals surface area contributed by atoms with E-state index in [1.165, 1.54) is 11.1 Å². The molecule has 2 rings (SSSR count). The molecule has 0 saturated heterocycles. The molecule has 0 N–H and O–H groups in total. The summed E-state index contributed by atoms with van der Waals surface area (Å²) in [5.41, 5.74) is 3.75. The van der Waals surface area contributed by atoms with Crippen molar-refractivity contribution in [2.45, 2.75) is 46.5 Å². The minimum absolute atomic E-state index is 0.